The van der Waals surface area contributed by atoms with Gasteiger partial charge in [0.15, 0.2) is 0 Å². The van der Waals surface area contributed by atoms with Gasteiger partial charge >= 0.3 is 0 Å². The molecule has 0 aliphatic heterocycles. The van der Waals surface area contributed by atoms with E-state index in [1.807, 2.05) is 18.2 Å². The van der Waals surface area contributed by atoms with Crippen molar-refractivity contribution in [2.24, 2.45) is 0 Å². The Morgan fingerprint density at radius 1 is 1.12 bits per heavy atom. The average molecular weight is 350 g/mol. The number of fused-ring (bicyclic) bond motifs is 1. The number of carbonyl (C=O) groups is 1. The molecule has 0 radical (unpaired) electrons. The van der Waals surface area contributed by atoms with Gasteiger partial charge in [-0.3, -0.25) is 4.79 Å². The van der Waals surface area contributed by atoms with E-state index in [9.17, 15) is 4.79 Å². The second-order valence-electron chi connectivity index (χ2n) is 5.90. The predicted molar refractivity (Wildman–Crippen MR) is 102 cm³/mol. The van der Waals surface area contributed by atoms with Crippen LogP contribution in [0.5, 0.6) is 0 Å². The van der Waals surface area contributed by atoms with Crippen molar-refractivity contribution in [1.29, 1.82) is 0 Å². The van der Waals surface area contributed by atoms with Crippen LogP contribution in [0.4, 0.5) is 5.95 Å². The molecule has 0 spiro atoms. The first-order valence-electron chi connectivity index (χ1n) is 8.47. The van der Waals surface area contributed by atoms with Gasteiger partial charge in [-0.05, 0) is 16.3 Å². The van der Waals surface area contributed by atoms with Crippen LogP contribution in [0.2, 0.25) is 0 Å². The number of benzene rings is 2. The lowest BCUT2D eigenvalue weighted by atomic mass is 10.0. The monoisotopic (exact) mass is 350 g/mol. The van der Waals surface area contributed by atoms with Gasteiger partial charge in [-0.1, -0.05) is 42.5 Å². The Hall–Kier alpha value is -2.99. The van der Waals surface area contributed by atoms with Crippen LogP contribution in [0.3, 0.4) is 0 Å². The van der Waals surface area contributed by atoms with Crippen LogP contribution < -0.4 is 5.32 Å². The molecule has 3 rings (SSSR count). The molecule has 134 valence electrons. The van der Waals surface area contributed by atoms with Crippen LogP contribution >= 0.6 is 0 Å². The summed E-state index contributed by atoms with van der Waals surface area (Å²) < 4.78 is 5.18. The Morgan fingerprint density at radius 3 is 2.58 bits per heavy atom. The number of nitrogens with one attached hydrogen (secondary N) is 1. The molecule has 3 aromatic rings. The Labute approximate surface area is 152 Å². The van der Waals surface area contributed by atoms with E-state index in [0.717, 1.165) is 16.3 Å². The first kappa shape index (κ1) is 17.8. The lowest BCUT2D eigenvalue weighted by molar-refractivity contribution is 0.0680. The van der Waals surface area contributed by atoms with Gasteiger partial charge in [0.2, 0.25) is 5.95 Å². The van der Waals surface area contributed by atoms with Crippen LogP contribution in [0.25, 0.3) is 10.8 Å². The second kappa shape index (κ2) is 8.40. The molecule has 0 saturated heterocycles. The van der Waals surface area contributed by atoms with E-state index in [2.05, 4.69) is 39.6 Å². The zero-order valence-corrected chi connectivity index (χ0v) is 15.0. The minimum Gasteiger partial charge on any atom is -0.383 e. The molecule has 2 aromatic carbocycles. The van der Waals surface area contributed by atoms with Crippen LogP contribution in [-0.4, -0.2) is 48.1 Å². The summed E-state index contributed by atoms with van der Waals surface area (Å²) in [7, 11) is 3.37. The lowest BCUT2D eigenvalue weighted by Gasteiger charge is -2.23. The van der Waals surface area contributed by atoms with Crippen LogP contribution in [0.15, 0.2) is 54.9 Å². The molecule has 0 aliphatic carbocycles. The summed E-state index contributed by atoms with van der Waals surface area (Å²) in [5.74, 6) is 0.372. The molecule has 0 aliphatic rings. The number of aromatic nitrogens is 2. The predicted octanol–water partition coefficient (Wildman–Crippen LogP) is 2.96. The van der Waals surface area contributed by atoms with E-state index in [0.29, 0.717) is 31.2 Å². The highest BCUT2D eigenvalue weighted by molar-refractivity contribution is 5.94. The third kappa shape index (κ3) is 3.97. The number of carbonyl (C=O) groups excluding carboxylic acids is 1. The lowest BCUT2D eigenvalue weighted by Crippen LogP contribution is -2.33. The molecular formula is C20H22N4O2. The molecule has 0 fully saturated rings. The molecule has 1 amide bonds. The van der Waals surface area contributed by atoms with Crippen LogP contribution in [0.1, 0.15) is 15.9 Å². The van der Waals surface area contributed by atoms with Gasteiger partial charge < -0.3 is 15.0 Å². The highest BCUT2D eigenvalue weighted by atomic mass is 16.5. The third-order valence-corrected chi connectivity index (χ3v) is 4.22. The van der Waals surface area contributed by atoms with Gasteiger partial charge in [-0.15, -0.1) is 0 Å². The number of rotatable bonds is 7. The number of hydrogen-bond acceptors (Lipinski definition) is 5. The van der Waals surface area contributed by atoms with Crippen LogP contribution in [-0.2, 0) is 11.3 Å². The van der Waals surface area contributed by atoms with E-state index in [4.69, 9.17) is 4.74 Å². The highest BCUT2D eigenvalue weighted by Crippen LogP contribution is 2.20. The van der Waals surface area contributed by atoms with E-state index < -0.39 is 0 Å². The summed E-state index contributed by atoms with van der Waals surface area (Å²) in [6, 6.07) is 14.3. The van der Waals surface area contributed by atoms with E-state index in [1.165, 1.54) is 0 Å². The summed E-state index contributed by atoms with van der Waals surface area (Å²) in [5.41, 5.74) is 1.56. The molecule has 1 N–H and O–H groups in total. The summed E-state index contributed by atoms with van der Waals surface area (Å²) in [5, 5.41) is 5.15. The number of ether oxygens (including phenoxy) is 1. The fraction of sp³-hybridized carbons (Fsp3) is 0.250. The quantitative estimate of drug-likeness (QED) is 0.710. The summed E-state index contributed by atoms with van der Waals surface area (Å²) in [6.45, 7) is 1.45. The van der Waals surface area contributed by atoms with Crippen molar-refractivity contribution in [1.82, 2.24) is 14.9 Å². The Bertz CT molecular complexity index is 875. The normalized spacial score (nSPS) is 10.7. The molecule has 1 heterocycles. The number of methoxy groups -OCH3 is 1. The number of amides is 1. The first-order chi connectivity index (χ1) is 12.7. The zero-order chi connectivity index (χ0) is 18.4. The zero-order valence-electron chi connectivity index (χ0n) is 15.0. The van der Waals surface area contributed by atoms with Crippen molar-refractivity contribution >= 4 is 22.6 Å². The first-order valence-corrected chi connectivity index (χ1v) is 8.47. The SMILES string of the molecule is CNc1ncc(C(=O)N(CCOC)Cc2cccc3ccccc23)cn1. The maximum absolute atomic E-state index is 13.0. The molecule has 0 unspecified atom stereocenters. The maximum Gasteiger partial charge on any atom is 0.257 e. The Balaban J connectivity index is 1.88. The van der Waals surface area contributed by atoms with Gasteiger partial charge in [0.05, 0.1) is 12.2 Å². The number of hydrogen-bond donors (Lipinski definition) is 1. The van der Waals surface area contributed by atoms with Gasteiger partial charge in [0.25, 0.3) is 5.91 Å². The molecule has 0 bridgehead atoms. The van der Waals surface area contributed by atoms with E-state index in [1.54, 1.807) is 31.5 Å². The fourth-order valence-electron chi connectivity index (χ4n) is 2.84. The third-order valence-electron chi connectivity index (χ3n) is 4.22. The average Bonchev–Trinajstić information content (AvgIpc) is 2.70. The summed E-state index contributed by atoms with van der Waals surface area (Å²) >= 11 is 0. The molecular weight excluding hydrogens is 328 g/mol. The van der Waals surface area contributed by atoms with Crippen molar-refractivity contribution in [3.05, 3.63) is 66.0 Å². The minimum absolute atomic E-state index is 0.113. The molecule has 6 nitrogen and oxygen atoms in total. The standard InChI is InChI=1S/C20H22N4O2/c1-21-20-22-12-17(13-23-20)19(25)24(10-11-26-2)14-16-8-5-7-15-6-3-4-9-18(15)16/h3-9,12-13H,10-11,14H2,1-2H3,(H,21,22,23). The van der Waals surface area contributed by atoms with Gasteiger partial charge in [-0.2, -0.15) is 0 Å². The van der Waals surface area contributed by atoms with Gasteiger partial charge in [0, 0.05) is 39.6 Å². The molecule has 1 aromatic heterocycles. The highest BCUT2D eigenvalue weighted by Gasteiger charge is 2.18. The Kier molecular flexibility index (Phi) is 5.76. The fourth-order valence-corrected chi connectivity index (χ4v) is 2.84. The van der Waals surface area contributed by atoms with Crippen molar-refractivity contribution in [3.63, 3.8) is 0 Å². The minimum atomic E-state index is -0.113. The topological polar surface area (TPSA) is 67.4 Å². The number of nitrogens with zero attached hydrogens (tertiary/aromatic N) is 3. The molecule has 6 heteroatoms. The van der Waals surface area contributed by atoms with Crippen molar-refractivity contribution in [2.45, 2.75) is 6.54 Å². The molecule has 0 atom stereocenters. The van der Waals surface area contributed by atoms with Gasteiger partial charge in [-0.25, -0.2) is 9.97 Å². The molecule has 0 saturated carbocycles. The van der Waals surface area contributed by atoms with Crippen LogP contribution in [0, 0.1) is 0 Å². The molecule has 26 heavy (non-hydrogen) atoms. The maximum atomic E-state index is 13.0. The summed E-state index contributed by atoms with van der Waals surface area (Å²) in [6.07, 6.45) is 3.09. The van der Waals surface area contributed by atoms with E-state index in [-0.39, 0.29) is 5.91 Å². The van der Waals surface area contributed by atoms with Crippen molar-refractivity contribution < 1.29 is 9.53 Å². The largest absolute Gasteiger partial charge is 0.383 e. The Morgan fingerprint density at radius 2 is 1.85 bits per heavy atom. The smallest absolute Gasteiger partial charge is 0.257 e. The summed E-state index contributed by atoms with van der Waals surface area (Å²) in [4.78, 5) is 23.0. The van der Waals surface area contributed by atoms with Gasteiger partial charge in [0.1, 0.15) is 0 Å². The van der Waals surface area contributed by atoms with Crippen molar-refractivity contribution in [3.8, 4) is 0 Å². The van der Waals surface area contributed by atoms with E-state index >= 15 is 0 Å². The second-order valence-corrected chi connectivity index (χ2v) is 5.90. The number of anilines is 1. The van der Waals surface area contributed by atoms with Crippen molar-refractivity contribution in [2.75, 3.05) is 32.6 Å².